The standard InChI is InChI=1S/C24H19BrN2O4/c1-2-31-19-5-3-4-18(14-19)27-21(15-10-12-26-13-11-15)20(23(29)24(27)30)22(28)16-6-8-17(25)9-7-16/h3-14,21,28H,2H2,1H3/b22-20+. The molecule has 0 spiro atoms. The summed E-state index contributed by atoms with van der Waals surface area (Å²) in [7, 11) is 0. The van der Waals surface area contributed by atoms with Crippen molar-refractivity contribution >= 4 is 39.1 Å². The number of amides is 1. The van der Waals surface area contributed by atoms with Gasteiger partial charge in [0.1, 0.15) is 11.5 Å². The van der Waals surface area contributed by atoms with Gasteiger partial charge in [-0.1, -0.05) is 34.1 Å². The van der Waals surface area contributed by atoms with Crippen LogP contribution in [-0.2, 0) is 9.59 Å². The number of carbonyl (C=O) groups excluding carboxylic acids is 2. The molecular formula is C24H19BrN2O4. The predicted molar refractivity (Wildman–Crippen MR) is 121 cm³/mol. The first-order valence-electron chi connectivity index (χ1n) is 9.71. The van der Waals surface area contributed by atoms with Crippen LogP contribution in [0.5, 0.6) is 5.75 Å². The average molecular weight is 479 g/mol. The van der Waals surface area contributed by atoms with Crippen molar-refractivity contribution in [1.29, 1.82) is 0 Å². The fourth-order valence-electron chi connectivity index (χ4n) is 3.61. The number of Topliss-reactive ketones (excluding diaryl/α,β-unsaturated/α-hetero) is 1. The third-order valence-corrected chi connectivity index (χ3v) is 5.52. The van der Waals surface area contributed by atoms with Gasteiger partial charge in [0.25, 0.3) is 11.7 Å². The maximum absolute atomic E-state index is 13.1. The van der Waals surface area contributed by atoms with Crippen molar-refractivity contribution in [2.24, 2.45) is 0 Å². The zero-order chi connectivity index (χ0) is 22.0. The van der Waals surface area contributed by atoms with E-state index in [4.69, 9.17) is 4.74 Å². The largest absolute Gasteiger partial charge is 0.507 e. The number of carbonyl (C=O) groups is 2. The number of aliphatic hydroxyl groups is 1. The SMILES string of the molecule is CCOc1cccc(N2C(=O)C(=O)/C(=C(/O)c3ccc(Br)cc3)C2c2ccncc2)c1. The highest BCUT2D eigenvalue weighted by atomic mass is 79.9. The summed E-state index contributed by atoms with van der Waals surface area (Å²) in [5, 5.41) is 11.1. The second-order valence-corrected chi connectivity index (χ2v) is 7.80. The van der Waals surface area contributed by atoms with Crippen molar-refractivity contribution in [3.63, 3.8) is 0 Å². The monoisotopic (exact) mass is 478 g/mol. The summed E-state index contributed by atoms with van der Waals surface area (Å²) in [6.45, 7) is 2.34. The van der Waals surface area contributed by atoms with Gasteiger partial charge in [0.05, 0.1) is 18.2 Å². The summed E-state index contributed by atoms with van der Waals surface area (Å²) in [6.07, 6.45) is 3.18. The zero-order valence-electron chi connectivity index (χ0n) is 16.7. The van der Waals surface area contributed by atoms with Crippen LogP contribution in [0, 0.1) is 0 Å². The summed E-state index contributed by atoms with van der Waals surface area (Å²) in [5.74, 6) is -1.10. The lowest BCUT2D eigenvalue weighted by atomic mass is 9.96. The Labute approximate surface area is 187 Å². The molecule has 3 aromatic rings. The maximum Gasteiger partial charge on any atom is 0.300 e. The molecule has 0 bridgehead atoms. The molecular weight excluding hydrogens is 460 g/mol. The maximum atomic E-state index is 13.1. The Bertz CT molecular complexity index is 1160. The predicted octanol–water partition coefficient (Wildman–Crippen LogP) is 4.87. The second kappa shape index (κ2) is 8.73. The molecule has 2 aromatic carbocycles. The number of ether oxygens (including phenoxy) is 1. The molecule has 6 nitrogen and oxygen atoms in total. The van der Waals surface area contributed by atoms with Gasteiger partial charge in [-0.05, 0) is 48.9 Å². The van der Waals surface area contributed by atoms with E-state index in [9.17, 15) is 14.7 Å². The minimum atomic E-state index is -0.802. The number of hydrogen-bond acceptors (Lipinski definition) is 5. The van der Waals surface area contributed by atoms with E-state index in [0.717, 1.165) is 4.47 Å². The number of pyridine rings is 1. The van der Waals surface area contributed by atoms with E-state index in [1.54, 1.807) is 73.1 Å². The highest BCUT2D eigenvalue weighted by Crippen LogP contribution is 2.42. The number of nitrogens with zero attached hydrogens (tertiary/aromatic N) is 2. The molecule has 1 unspecified atom stereocenters. The van der Waals surface area contributed by atoms with Crippen LogP contribution in [-0.4, -0.2) is 28.4 Å². The van der Waals surface area contributed by atoms with Gasteiger partial charge in [-0.2, -0.15) is 0 Å². The molecule has 1 amide bonds. The van der Waals surface area contributed by atoms with Crippen LogP contribution in [0.1, 0.15) is 24.1 Å². The summed E-state index contributed by atoms with van der Waals surface area (Å²) in [6, 6.07) is 16.5. The van der Waals surface area contributed by atoms with Crippen molar-refractivity contribution in [3.8, 4) is 5.75 Å². The molecule has 1 atom stereocenters. The van der Waals surface area contributed by atoms with Gasteiger partial charge in [-0.15, -0.1) is 0 Å². The number of anilines is 1. The molecule has 0 saturated carbocycles. The Morgan fingerprint density at radius 3 is 2.48 bits per heavy atom. The molecule has 31 heavy (non-hydrogen) atoms. The third-order valence-electron chi connectivity index (χ3n) is 4.99. The van der Waals surface area contributed by atoms with E-state index in [0.29, 0.717) is 29.2 Å². The van der Waals surface area contributed by atoms with E-state index in [2.05, 4.69) is 20.9 Å². The van der Waals surface area contributed by atoms with Gasteiger partial charge < -0.3 is 9.84 Å². The first kappa shape index (κ1) is 20.8. The second-order valence-electron chi connectivity index (χ2n) is 6.89. The van der Waals surface area contributed by atoms with Crippen LogP contribution in [0.2, 0.25) is 0 Å². The van der Waals surface area contributed by atoms with Crippen molar-refractivity contribution in [2.45, 2.75) is 13.0 Å². The number of halogens is 1. The van der Waals surface area contributed by atoms with Crippen LogP contribution < -0.4 is 9.64 Å². The Morgan fingerprint density at radius 1 is 1.10 bits per heavy atom. The van der Waals surface area contributed by atoms with Gasteiger partial charge in [0.2, 0.25) is 0 Å². The number of aliphatic hydroxyl groups excluding tert-OH is 1. The molecule has 1 aromatic heterocycles. The van der Waals surface area contributed by atoms with E-state index < -0.39 is 17.7 Å². The lowest BCUT2D eigenvalue weighted by Gasteiger charge is -2.25. The molecule has 1 saturated heterocycles. The van der Waals surface area contributed by atoms with E-state index >= 15 is 0 Å². The summed E-state index contributed by atoms with van der Waals surface area (Å²) in [5.41, 5.74) is 1.64. The number of rotatable bonds is 5. The molecule has 0 aliphatic carbocycles. The number of benzene rings is 2. The Balaban J connectivity index is 1.91. The minimum absolute atomic E-state index is 0.0281. The molecule has 2 heterocycles. The number of aromatic nitrogens is 1. The minimum Gasteiger partial charge on any atom is -0.507 e. The van der Waals surface area contributed by atoms with Crippen LogP contribution in [0.25, 0.3) is 5.76 Å². The summed E-state index contributed by atoms with van der Waals surface area (Å²) < 4.78 is 6.40. The van der Waals surface area contributed by atoms with Crippen molar-refractivity contribution in [3.05, 3.63) is 94.2 Å². The Kier molecular flexibility index (Phi) is 5.86. The first-order chi connectivity index (χ1) is 15.0. The van der Waals surface area contributed by atoms with E-state index in [1.165, 1.54) is 4.90 Å². The van der Waals surface area contributed by atoms with Crippen LogP contribution >= 0.6 is 15.9 Å². The molecule has 1 aliphatic heterocycles. The highest BCUT2D eigenvalue weighted by molar-refractivity contribution is 9.10. The van der Waals surface area contributed by atoms with Gasteiger partial charge in [-0.25, -0.2) is 0 Å². The zero-order valence-corrected chi connectivity index (χ0v) is 18.2. The van der Waals surface area contributed by atoms with Gasteiger partial charge >= 0.3 is 0 Å². The van der Waals surface area contributed by atoms with Crippen LogP contribution in [0.4, 0.5) is 5.69 Å². The normalized spacial score (nSPS) is 17.7. The lowest BCUT2D eigenvalue weighted by Crippen LogP contribution is -2.29. The van der Waals surface area contributed by atoms with E-state index in [1.807, 2.05) is 6.92 Å². The topological polar surface area (TPSA) is 79.7 Å². The van der Waals surface area contributed by atoms with Crippen molar-refractivity contribution in [2.75, 3.05) is 11.5 Å². The van der Waals surface area contributed by atoms with Crippen LogP contribution in [0.15, 0.2) is 83.1 Å². The van der Waals surface area contributed by atoms with Crippen LogP contribution in [0.3, 0.4) is 0 Å². The van der Waals surface area contributed by atoms with Gasteiger partial charge in [0.15, 0.2) is 0 Å². The smallest absolute Gasteiger partial charge is 0.300 e. The lowest BCUT2D eigenvalue weighted by molar-refractivity contribution is -0.132. The van der Waals surface area contributed by atoms with Crippen molar-refractivity contribution < 1.29 is 19.4 Å². The quantitative estimate of drug-likeness (QED) is 0.321. The summed E-state index contributed by atoms with van der Waals surface area (Å²) >= 11 is 3.36. The molecule has 4 rings (SSSR count). The Hall–Kier alpha value is -3.45. The van der Waals surface area contributed by atoms with Crippen molar-refractivity contribution in [1.82, 2.24) is 4.98 Å². The fraction of sp³-hybridized carbons (Fsp3) is 0.125. The molecule has 1 N–H and O–H groups in total. The summed E-state index contributed by atoms with van der Waals surface area (Å²) in [4.78, 5) is 31.7. The fourth-order valence-corrected chi connectivity index (χ4v) is 3.88. The molecule has 7 heteroatoms. The van der Waals surface area contributed by atoms with Gasteiger partial charge in [-0.3, -0.25) is 19.5 Å². The van der Waals surface area contributed by atoms with E-state index in [-0.39, 0.29) is 11.3 Å². The molecule has 1 aliphatic rings. The van der Waals surface area contributed by atoms with Gasteiger partial charge in [0, 0.05) is 34.2 Å². The first-order valence-corrected chi connectivity index (χ1v) is 10.5. The molecule has 1 fully saturated rings. The number of hydrogen-bond donors (Lipinski definition) is 1. The molecule has 156 valence electrons. The third kappa shape index (κ3) is 3.96. The average Bonchev–Trinajstić information content (AvgIpc) is 3.05. The number of ketones is 1. The molecule has 0 radical (unpaired) electrons. The highest BCUT2D eigenvalue weighted by Gasteiger charge is 2.47. The Morgan fingerprint density at radius 2 is 1.81 bits per heavy atom.